The van der Waals surface area contributed by atoms with Gasteiger partial charge in [-0.3, -0.25) is 9.59 Å². The van der Waals surface area contributed by atoms with Crippen LogP contribution >= 0.6 is 11.8 Å². The van der Waals surface area contributed by atoms with Crippen molar-refractivity contribution >= 4 is 23.6 Å². The molecule has 0 aliphatic carbocycles. The fraction of sp³-hybridized carbons (Fsp3) is 0.556. The van der Waals surface area contributed by atoms with Crippen molar-refractivity contribution in [2.24, 2.45) is 5.92 Å². The number of rotatable bonds is 4. The molecule has 2 amide bonds. The van der Waals surface area contributed by atoms with Crippen LogP contribution in [0.3, 0.4) is 0 Å². The molecule has 1 aromatic rings. The molecule has 0 unspecified atom stereocenters. The van der Waals surface area contributed by atoms with Crippen LogP contribution in [0.5, 0.6) is 0 Å². The van der Waals surface area contributed by atoms with Gasteiger partial charge in [0, 0.05) is 37.0 Å². The zero-order chi connectivity index (χ0) is 16.9. The van der Waals surface area contributed by atoms with Crippen molar-refractivity contribution in [2.45, 2.75) is 30.6 Å². The van der Waals surface area contributed by atoms with E-state index in [-0.39, 0.29) is 29.3 Å². The number of hydrogen-bond acceptors (Lipinski definition) is 3. The fourth-order valence-electron chi connectivity index (χ4n) is 3.36. The van der Waals surface area contributed by atoms with Crippen molar-refractivity contribution in [3.63, 3.8) is 0 Å². The molecule has 2 heterocycles. The van der Waals surface area contributed by atoms with Crippen LogP contribution in [0.1, 0.15) is 25.7 Å². The number of carbonyl (C=O) groups is 2. The molecule has 0 aromatic heterocycles. The van der Waals surface area contributed by atoms with Gasteiger partial charge in [0.2, 0.25) is 11.8 Å². The summed E-state index contributed by atoms with van der Waals surface area (Å²) in [5, 5.41) is 0. The summed E-state index contributed by atoms with van der Waals surface area (Å²) in [6.07, 6.45) is 3.70. The summed E-state index contributed by atoms with van der Waals surface area (Å²) in [6.45, 7) is 3.02. The van der Waals surface area contributed by atoms with Gasteiger partial charge < -0.3 is 9.80 Å². The highest BCUT2D eigenvalue weighted by Gasteiger charge is 2.31. The average Bonchev–Trinajstić information content (AvgIpc) is 3.15. The molecule has 0 atom stereocenters. The highest BCUT2D eigenvalue weighted by atomic mass is 32.2. The van der Waals surface area contributed by atoms with Crippen molar-refractivity contribution in [3.05, 3.63) is 30.1 Å². The second-order valence-corrected chi connectivity index (χ2v) is 7.42. The summed E-state index contributed by atoms with van der Waals surface area (Å²) in [7, 11) is 0. The van der Waals surface area contributed by atoms with E-state index in [0.717, 1.165) is 38.8 Å². The smallest absolute Gasteiger partial charge is 0.232 e. The van der Waals surface area contributed by atoms with Gasteiger partial charge in [-0.2, -0.15) is 0 Å². The summed E-state index contributed by atoms with van der Waals surface area (Å²) >= 11 is 1.23. The first-order chi connectivity index (χ1) is 11.6. The third-order valence-corrected chi connectivity index (χ3v) is 5.84. The predicted molar refractivity (Wildman–Crippen MR) is 92.2 cm³/mol. The molecule has 0 bridgehead atoms. The van der Waals surface area contributed by atoms with Gasteiger partial charge in [-0.15, -0.1) is 11.8 Å². The van der Waals surface area contributed by atoms with E-state index >= 15 is 0 Å². The number of likely N-dealkylation sites (tertiary alicyclic amines) is 2. The van der Waals surface area contributed by atoms with Crippen LogP contribution < -0.4 is 0 Å². The molecule has 2 saturated heterocycles. The third kappa shape index (κ3) is 4.09. The van der Waals surface area contributed by atoms with Crippen LogP contribution in [0.15, 0.2) is 29.2 Å². The Morgan fingerprint density at radius 2 is 1.71 bits per heavy atom. The normalized spacial score (nSPS) is 18.9. The molecule has 3 rings (SSSR count). The molecule has 24 heavy (non-hydrogen) atoms. The summed E-state index contributed by atoms with van der Waals surface area (Å²) < 4.78 is 13.6. The van der Waals surface area contributed by atoms with Crippen LogP contribution in [-0.2, 0) is 9.59 Å². The van der Waals surface area contributed by atoms with Crippen molar-refractivity contribution in [1.82, 2.24) is 9.80 Å². The van der Waals surface area contributed by atoms with Crippen LogP contribution in [0.25, 0.3) is 0 Å². The van der Waals surface area contributed by atoms with E-state index in [1.165, 1.54) is 17.8 Å². The van der Waals surface area contributed by atoms with Crippen LogP contribution in [-0.4, -0.2) is 53.5 Å². The molecule has 0 saturated carbocycles. The molecule has 0 radical (unpaired) electrons. The van der Waals surface area contributed by atoms with Gasteiger partial charge in [0.15, 0.2) is 0 Å². The number of nitrogens with zero attached hydrogens (tertiary/aromatic N) is 2. The molecule has 6 heteroatoms. The minimum Gasteiger partial charge on any atom is -0.342 e. The second-order valence-electron chi connectivity index (χ2n) is 6.41. The van der Waals surface area contributed by atoms with Gasteiger partial charge in [-0.1, -0.05) is 12.1 Å². The quantitative estimate of drug-likeness (QED) is 0.784. The van der Waals surface area contributed by atoms with Crippen molar-refractivity contribution in [1.29, 1.82) is 0 Å². The number of piperidine rings is 1. The average molecular weight is 350 g/mol. The van der Waals surface area contributed by atoms with Crippen molar-refractivity contribution < 1.29 is 14.0 Å². The van der Waals surface area contributed by atoms with Crippen LogP contribution in [0, 0.1) is 11.7 Å². The highest BCUT2D eigenvalue weighted by Crippen LogP contribution is 2.25. The lowest BCUT2D eigenvalue weighted by Gasteiger charge is -2.33. The lowest BCUT2D eigenvalue weighted by atomic mass is 9.95. The van der Waals surface area contributed by atoms with Gasteiger partial charge >= 0.3 is 0 Å². The Morgan fingerprint density at radius 1 is 1.04 bits per heavy atom. The van der Waals surface area contributed by atoms with Crippen molar-refractivity contribution in [2.75, 3.05) is 31.9 Å². The molecule has 2 fully saturated rings. The number of halogens is 1. The fourth-order valence-corrected chi connectivity index (χ4v) is 4.21. The summed E-state index contributed by atoms with van der Waals surface area (Å²) in [6, 6.07) is 6.51. The molecule has 0 spiro atoms. The van der Waals surface area contributed by atoms with E-state index in [9.17, 15) is 14.0 Å². The van der Waals surface area contributed by atoms with E-state index in [4.69, 9.17) is 0 Å². The van der Waals surface area contributed by atoms with E-state index in [2.05, 4.69) is 0 Å². The lowest BCUT2D eigenvalue weighted by molar-refractivity contribution is -0.139. The second kappa shape index (κ2) is 8.01. The highest BCUT2D eigenvalue weighted by molar-refractivity contribution is 8.00. The minimum atomic E-state index is -0.287. The Hall–Kier alpha value is -1.56. The van der Waals surface area contributed by atoms with Crippen LogP contribution in [0.2, 0.25) is 0 Å². The standard InChI is InChI=1S/C18H23FN2O2S/c19-15-5-1-2-6-16(15)24-13-17(22)20-11-7-14(8-12-20)18(23)21-9-3-4-10-21/h1-2,5-6,14H,3-4,7-13H2. The number of benzene rings is 1. The molecule has 130 valence electrons. The zero-order valence-electron chi connectivity index (χ0n) is 13.7. The molecule has 0 N–H and O–H groups in total. The number of carbonyl (C=O) groups excluding carboxylic acids is 2. The number of amides is 2. The Kier molecular flexibility index (Phi) is 5.76. The maximum Gasteiger partial charge on any atom is 0.232 e. The Morgan fingerprint density at radius 3 is 2.38 bits per heavy atom. The lowest BCUT2D eigenvalue weighted by Crippen LogP contribution is -2.44. The van der Waals surface area contributed by atoms with E-state index < -0.39 is 0 Å². The molecular weight excluding hydrogens is 327 g/mol. The van der Waals surface area contributed by atoms with Gasteiger partial charge in [0.05, 0.1) is 5.75 Å². The van der Waals surface area contributed by atoms with Gasteiger partial charge in [0.1, 0.15) is 5.82 Å². The monoisotopic (exact) mass is 350 g/mol. The third-order valence-electron chi connectivity index (χ3n) is 4.80. The Labute approximate surface area is 146 Å². The molecule has 1 aromatic carbocycles. The first-order valence-electron chi connectivity index (χ1n) is 8.59. The largest absolute Gasteiger partial charge is 0.342 e. The molecule has 2 aliphatic rings. The maximum absolute atomic E-state index is 13.6. The molecular formula is C18H23FN2O2S. The van der Waals surface area contributed by atoms with E-state index in [0.29, 0.717) is 18.0 Å². The van der Waals surface area contributed by atoms with Gasteiger partial charge in [-0.25, -0.2) is 4.39 Å². The zero-order valence-corrected chi connectivity index (χ0v) is 14.6. The predicted octanol–water partition coefficient (Wildman–Crippen LogP) is 2.78. The SMILES string of the molecule is O=C(CSc1ccccc1F)N1CCC(C(=O)N2CCCC2)CC1. The first kappa shape index (κ1) is 17.3. The van der Waals surface area contributed by atoms with Gasteiger partial charge in [0.25, 0.3) is 0 Å². The summed E-state index contributed by atoms with van der Waals surface area (Å²) in [5.41, 5.74) is 0. The maximum atomic E-state index is 13.6. The Balaban J connectivity index is 1.45. The van der Waals surface area contributed by atoms with Gasteiger partial charge in [-0.05, 0) is 37.8 Å². The molecule has 4 nitrogen and oxygen atoms in total. The number of thioether (sulfide) groups is 1. The van der Waals surface area contributed by atoms with Crippen LogP contribution in [0.4, 0.5) is 4.39 Å². The Bertz CT molecular complexity index is 596. The topological polar surface area (TPSA) is 40.6 Å². The van der Waals surface area contributed by atoms with E-state index in [1.807, 2.05) is 9.80 Å². The summed E-state index contributed by atoms with van der Waals surface area (Å²) in [5.74, 6) is 0.304. The van der Waals surface area contributed by atoms with E-state index in [1.54, 1.807) is 18.2 Å². The van der Waals surface area contributed by atoms with Crippen molar-refractivity contribution in [3.8, 4) is 0 Å². The molecule has 2 aliphatic heterocycles. The minimum absolute atomic E-state index is 0.0234. The summed E-state index contributed by atoms with van der Waals surface area (Å²) in [4.78, 5) is 29.0. The first-order valence-corrected chi connectivity index (χ1v) is 9.57. The number of hydrogen-bond donors (Lipinski definition) is 0.